The number of carbonyl (C=O) groups is 2. The van der Waals surface area contributed by atoms with Crippen LogP contribution in [0, 0.1) is 5.92 Å². The number of benzene rings is 2. The molecule has 0 spiro atoms. The third-order valence-electron chi connectivity index (χ3n) is 5.43. The van der Waals surface area contributed by atoms with Gasteiger partial charge in [0.25, 0.3) is 5.91 Å². The van der Waals surface area contributed by atoms with Gasteiger partial charge in [-0.25, -0.2) is 0 Å². The molecule has 2 aliphatic rings. The van der Waals surface area contributed by atoms with Crippen molar-refractivity contribution in [2.75, 3.05) is 18.4 Å². The Kier molecular flexibility index (Phi) is 5.21. The van der Waals surface area contributed by atoms with Gasteiger partial charge in [-0.15, -0.1) is 11.8 Å². The van der Waals surface area contributed by atoms with Gasteiger partial charge < -0.3 is 10.2 Å². The SMILES string of the molecule is CC1Sc2ccc(C(=O)N3CCC(Cc4ccccc4)CC3)cc2NC1=O. The van der Waals surface area contributed by atoms with Crippen LogP contribution in [0.15, 0.2) is 53.4 Å². The maximum Gasteiger partial charge on any atom is 0.253 e. The minimum absolute atomic E-state index is 0.00109. The summed E-state index contributed by atoms with van der Waals surface area (Å²) in [5.41, 5.74) is 2.79. The molecule has 4 nitrogen and oxygen atoms in total. The Balaban J connectivity index is 1.38. The molecule has 1 saturated heterocycles. The zero-order valence-corrected chi connectivity index (χ0v) is 16.3. The lowest BCUT2D eigenvalue weighted by molar-refractivity contribution is -0.115. The molecule has 0 aromatic heterocycles. The van der Waals surface area contributed by atoms with E-state index in [1.54, 1.807) is 11.8 Å². The first-order valence-electron chi connectivity index (χ1n) is 9.55. The van der Waals surface area contributed by atoms with Gasteiger partial charge in [0.15, 0.2) is 0 Å². The molecular formula is C22H24N2O2S. The zero-order valence-electron chi connectivity index (χ0n) is 15.5. The minimum atomic E-state index is -0.0947. The number of carbonyl (C=O) groups excluding carboxylic acids is 2. The Labute approximate surface area is 164 Å². The maximum atomic E-state index is 12.9. The van der Waals surface area contributed by atoms with E-state index < -0.39 is 0 Å². The van der Waals surface area contributed by atoms with Gasteiger partial charge in [-0.1, -0.05) is 30.3 Å². The van der Waals surface area contributed by atoms with Gasteiger partial charge in [0, 0.05) is 23.5 Å². The van der Waals surface area contributed by atoms with Crippen molar-refractivity contribution in [3.8, 4) is 0 Å². The number of likely N-dealkylation sites (tertiary alicyclic amines) is 1. The molecule has 2 amide bonds. The highest BCUT2D eigenvalue weighted by Crippen LogP contribution is 2.36. The van der Waals surface area contributed by atoms with Crippen molar-refractivity contribution >= 4 is 29.3 Å². The molecule has 0 saturated carbocycles. The van der Waals surface area contributed by atoms with E-state index in [0.717, 1.165) is 42.9 Å². The number of anilines is 1. The highest BCUT2D eigenvalue weighted by atomic mass is 32.2. The molecule has 2 aromatic rings. The van der Waals surface area contributed by atoms with Crippen molar-refractivity contribution in [3.63, 3.8) is 0 Å². The van der Waals surface area contributed by atoms with Crippen LogP contribution in [0.3, 0.4) is 0 Å². The van der Waals surface area contributed by atoms with Gasteiger partial charge in [0.2, 0.25) is 5.91 Å². The largest absolute Gasteiger partial charge is 0.339 e. The summed E-state index contributed by atoms with van der Waals surface area (Å²) in [7, 11) is 0. The highest BCUT2D eigenvalue weighted by Gasteiger charge is 2.27. The van der Waals surface area contributed by atoms with Crippen LogP contribution in [0.25, 0.3) is 0 Å². The average molecular weight is 381 g/mol. The predicted molar refractivity (Wildman–Crippen MR) is 109 cm³/mol. The molecule has 5 heteroatoms. The standard InChI is InChI=1S/C22H24N2O2S/c1-15-21(25)23-19-14-18(7-8-20(19)27-15)22(26)24-11-9-17(10-12-24)13-16-5-3-2-4-6-16/h2-8,14-15,17H,9-13H2,1H3,(H,23,25). The second-order valence-electron chi connectivity index (χ2n) is 7.39. The number of hydrogen-bond acceptors (Lipinski definition) is 3. The Morgan fingerprint density at radius 2 is 1.89 bits per heavy atom. The number of rotatable bonds is 3. The molecular weight excluding hydrogens is 356 g/mol. The second kappa shape index (κ2) is 7.77. The summed E-state index contributed by atoms with van der Waals surface area (Å²) < 4.78 is 0. The number of fused-ring (bicyclic) bond motifs is 1. The van der Waals surface area contributed by atoms with E-state index in [-0.39, 0.29) is 17.1 Å². The third-order valence-corrected chi connectivity index (χ3v) is 6.60. The topological polar surface area (TPSA) is 49.4 Å². The van der Waals surface area contributed by atoms with Crippen molar-refractivity contribution in [3.05, 3.63) is 59.7 Å². The lowest BCUT2D eigenvalue weighted by Gasteiger charge is -2.32. The van der Waals surface area contributed by atoms with Gasteiger partial charge in [-0.3, -0.25) is 9.59 Å². The second-order valence-corrected chi connectivity index (χ2v) is 8.77. The summed E-state index contributed by atoms with van der Waals surface area (Å²) in [6.45, 7) is 3.48. The van der Waals surface area contributed by atoms with E-state index >= 15 is 0 Å². The van der Waals surface area contributed by atoms with Crippen molar-refractivity contribution in [1.82, 2.24) is 4.90 Å². The Hall–Kier alpha value is -2.27. The lowest BCUT2D eigenvalue weighted by atomic mass is 9.90. The van der Waals surface area contributed by atoms with Crippen LogP contribution >= 0.6 is 11.8 Å². The van der Waals surface area contributed by atoms with E-state index in [4.69, 9.17) is 0 Å². The first-order valence-corrected chi connectivity index (χ1v) is 10.4. The van der Waals surface area contributed by atoms with E-state index in [1.165, 1.54) is 5.56 Å². The number of thioether (sulfide) groups is 1. The van der Waals surface area contributed by atoms with Crippen LogP contribution < -0.4 is 5.32 Å². The van der Waals surface area contributed by atoms with Crippen LogP contribution in [-0.4, -0.2) is 35.1 Å². The van der Waals surface area contributed by atoms with Gasteiger partial charge in [0.1, 0.15) is 0 Å². The predicted octanol–water partition coefficient (Wildman–Crippen LogP) is 4.21. The van der Waals surface area contributed by atoms with Crippen LogP contribution in [-0.2, 0) is 11.2 Å². The molecule has 0 radical (unpaired) electrons. The number of nitrogens with one attached hydrogen (secondary N) is 1. The molecule has 4 rings (SSSR count). The lowest BCUT2D eigenvalue weighted by Crippen LogP contribution is -2.39. The van der Waals surface area contributed by atoms with E-state index in [9.17, 15) is 9.59 Å². The van der Waals surface area contributed by atoms with Gasteiger partial charge >= 0.3 is 0 Å². The fraction of sp³-hybridized carbons (Fsp3) is 0.364. The maximum absolute atomic E-state index is 12.9. The molecule has 1 unspecified atom stereocenters. The van der Waals surface area contributed by atoms with Crippen molar-refractivity contribution in [2.24, 2.45) is 5.92 Å². The van der Waals surface area contributed by atoms with Crippen LogP contribution in [0.1, 0.15) is 35.7 Å². The molecule has 140 valence electrons. The summed E-state index contributed by atoms with van der Waals surface area (Å²) in [5, 5.41) is 2.82. The number of hydrogen-bond donors (Lipinski definition) is 1. The molecule has 0 aliphatic carbocycles. The average Bonchev–Trinajstić information content (AvgIpc) is 2.69. The molecule has 2 heterocycles. The van der Waals surface area contributed by atoms with Crippen LogP contribution in [0.2, 0.25) is 0 Å². The zero-order chi connectivity index (χ0) is 18.8. The number of piperidine rings is 1. The molecule has 2 aromatic carbocycles. The molecule has 1 N–H and O–H groups in total. The molecule has 27 heavy (non-hydrogen) atoms. The Bertz CT molecular complexity index is 845. The summed E-state index contributed by atoms with van der Waals surface area (Å²) in [5.74, 6) is 0.699. The van der Waals surface area contributed by atoms with Gasteiger partial charge in [-0.2, -0.15) is 0 Å². The van der Waals surface area contributed by atoms with Crippen LogP contribution in [0.5, 0.6) is 0 Å². The van der Waals surface area contributed by atoms with Gasteiger partial charge in [0.05, 0.1) is 10.9 Å². The van der Waals surface area contributed by atoms with E-state index in [2.05, 4.69) is 29.6 Å². The van der Waals surface area contributed by atoms with Gasteiger partial charge in [-0.05, 0) is 55.9 Å². The summed E-state index contributed by atoms with van der Waals surface area (Å²) in [6, 6.07) is 16.2. The highest BCUT2D eigenvalue weighted by molar-refractivity contribution is 8.00. The number of nitrogens with zero attached hydrogens (tertiary/aromatic N) is 1. The molecule has 1 atom stereocenters. The Morgan fingerprint density at radius 3 is 2.63 bits per heavy atom. The summed E-state index contributed by atoms with van der Waals surface area (Å²) in [6.07, 6.45) is 3.16. The molecule has 1 fully saturated rings. The normalized spacial score (nSPS) is 20.1. The van der Waals surface area contributed by atoms with Crippen molar-refractivity contribution < 1.29 is 9.59 Å². The van der Waals surface area contributed by atoms with Crippen molar-refractivity contribution in [2.45, 2.75) is 36.3 Å². The fourth-order valence-electron chi connectivity index (χ4n) is 3.81. The Morgan fingerprint density at radius 1 is 1.15 bits per heavy atom. The van der Waals surface area contributed by atoms with Crippen molar-refractivity contribution in [1.29, 1.82) is 0 Å². The number of amides is 2. The molecule has 2 aliphatic heterocycles. The third kappa shape index (κ3) is 4.03. The van der Waals surface area contributed by atoms with Crippen LogP contribution in [0.4, 0.5) is 5.69 Å². The smallest absolute Gasteiger partial charge is 0.253 e. The fourth-order valence-corrected chi connectivity index (χ4v) is 4.74. The monoisotopic (exact) mass is 380 g/mol. The summed E-state index contributed by atoms with van der Waals surface area (Å²) in [4.78, 5) is 27.8. The summed E-state index contributed by atoms with van der Waals surface area (Å²) >= 11 is 1.54. The molecule has 0 bridgehead atoms. The van der Waals surface area contributed by atoms with E-state index in [1.807, 2.05) is 36.1 Å². The quantitative estimate of drug-likeness (QED) is 0.868. The van der Waals surface area contributed by atoms with E-state index in [0.29, 0.717) is 11.5 Å². The minimum Gasteiger partial charge on any atom is -0.339 e. The first kappa shape index (κ1) is 18.1. The first-order chi connectivity index (χ1) is 13.1.